The van der Waals surface area contributed by atoms with E-state index < -0.39 is 12.3 Å². The largest absolute Gasteiger partial charge is 0.496 e. The van der Waals surface area contributed by atoms with Crippen LogP contribution in [0.4, 0.5) is 8.78 Å². The minimum Gasteiger partial charge on any atom is -0.496 e. The molecule has 0 aliphatic heterocycles. The highest BCUT2D eigenvalue weighted by atomic mass is 19.3. The van der Waals surface area contributed by atoms with Crippen molar-refractivity contribution in [2.75, 3.05) is 21.3 Å². The van der Waals surface area contributed by atoms with Gasteiger partial charge in [-0.1, -0.05) is 0 Å². The molecule has 0 heterocycles. The van der Waals surface area contributed by atoms with E-state index in [9.17, 15) is 8.78 Å². The van der Waals surface area contributed by atoms with Crippen LogP contribution < -0.4 is 14.2 Å². The number of alkyl halides is 2. The van der Waals surface area contributed by atoms with Crippen molar-refractivity contribution in [2.24, 2.45) is 0 Å². The molecular formula is C12H16F2O3. The van der Waals surface area contributed by atoms with E-state index in [-0.39, 0.29) is 0 Å². The van der Waals surface area contributed by atoms with Gasteiger partial charge in [0.1, 0.15) is 5.75 Å². The Kier molecular flexibility index (Phi) is 4.15. The number of hydrogen-bond donors (Lipinski definition) is 0. The quantitative estimate of drug-likeness (QED) is 0.799. The molecule has 0 radical (unpaired) electrons. The van der Waals surface area contributed by atoms with Crippen molar-refractivity contribution in [3.8, 4) is 17.2 Å². The third-order valence-electron chi connectivity index (χ3n) is 2.29. The molecule has 0 spiro atoms. The van der Waals surface area contributed by atoms with Crippen molar-refractivity contribution >= 4 is 0 Å². The molecule has 1 rings (SSSR count). The van der Waals surface area contributed by atoms with Gasteiger partial charge in [-0.2, -0.15) is 0 Å². The summed E-state index contributed by atoms with van der Waals surface area (Å²) in [7, 11) is 4.36. The lowest BCUT2D eigenvalue weighted by Crippen LogP contribution is -2.14. The molecule has 0 saturated heterocycles. The number of rotatable bonds is 5. The second-order valence-corrected chi connectivity index (χ2v) is 3.77. The standard InChI is InChI=1S/C12H16F2O3/c1-12(13,14)7-8-5-10(16-3)11(17-4)6-9(8)15-2/h5-6H,7H2,1-4H3. The van der Waals surface area contributed by atoms with E-state index >= 15 is 0 Å². The van der Waals surface area contributed by atoms with Gasteiger partial charge in [0.05, 0.1) is 21.3 Å². The molecule has 0 fully saturated rings. The first kappa shape index (κ1) is 13.5. The summed E-state index contributed by atoms with van der Waals surface area (Å²) < 4.78 is 41.2. The van der Waals surface area contributed by atoms with E-state index in [2.05, 4.69) is 0 Å². The number of ether oxygens (including phenoxy) is 3. The average Bonchev–Trinajstić information content (AvgIpc) is 2.26. The Labute approximate surface area is 99.3 Å². The highest BCUT2D eigenvalue weighted by Crippen LogP contribution is 2.36. The smallest absolute Gasteiger partial charge is 0.249 e. The zero-order chi connectivity index (χ0) is 13.1. The molecule has 0 aliphatic rings. The van der Waals surface area contributed by atoms with Crippen LogP contribution in [0.3, 0.4) is 0 Å². The van der Waals surface area contributed by atoms with E-state index in [1.54, 1.807) is 6.07 Å². The van der Waals surface area contributed by atoms with Crippen molar-refractivity contribution in [3.63, 3.8) is 0 Å². The van der Waals surface area contributed by atoms with Crippen LogP contribution >= 0.6 is 0 Å². The summed E-state index contributed by atoms with van der Waals surface area (Å²) in [6.45, 7) is 0.864. The van der Waals surface area contributed by atoms with Crippen molar-refractivity contribution in [2.45, 2.75) is 19.3 Å². The van der Waals surface area contributed by atoms with Gasteiger partial charge in [-0.3, -0.25) is 0 Å². The number of benzene rings is 1. The maximum atomic E-state index is 13.0. The van der Waals surface area contributed by atoms with Gasteiger partial charge in [-0.25, -0.2) is 8.78 Å². The van der Waals surface area contributed by atoms with Crippen molar-refractivity contribution < 1.29 is 23.0 Å². The normalized spacial score (nSPS) is 11.2. The minimum absolute atomic E-state index is 0.365. The lowest BCUT2D eigenvalue weighted by molar-refractivity contribution is 0.0220. The van der Waals surface area contributed by atoms with Crippen LogP contribution in [-0.4, -0.2) is 27.3 Å². The van der Waals surface area contributed by atoms with Gasteiger partial charge < -0.3 is 14.2 Å². The fraction of sp³-hybridized carbons (Fsp3) is 0.500. The van der Waals surface area contributed by atoms with E-state index in [4.69, 9.17) is 14.2 Å². The molecule has 5 heteroatoms. The first-order valence-electron chi connectivity index (χ1n) is 5.08. The predicted octanol–water partition coefficient (Wildman–Crippen LogP) is 2.91. The number of hydrogen-bond acceptors (Lipinski definition) is 3. The maximum absolute atomic E-state index is 13.0. The van der Waals surface area contributed by atoms with Crippen LogP contribution in [0, 0.1) is 0 Å². The molecule has 1 aromatic rings. The second kappa shape index (κ2) is 5.21. The monoisotopic (exact) mass is 246 g/mol. The molecule has 0 aromatic heterocycles. The fourth-order valence-corrected chi connectivity index (χ4v) is 1.57. The van der Waals surface area contributed by atoms with E-state index in [0.29, 0.717) is 22.8 Å². The Morgan fingerprint density at radius 3 is 1.82 bits per heavy atom. The third-order valence-corrected chi connectivity index (χ3v) is 2.29. The highest BCUT2D eigenvalue weighted by molar-refractivity contribution is 5.51. The van der Waals surface area contributed by atoms with Crippen molar-refractivity contribution in [3.05, 3.63) is 17.7 Å². The van der Waals surface area contributed by atoms with Crippen LogP contribution in [-0.2, 0) is 6.42 Å². The summed E-state index contributed by atoms with van der Waals surface area (Å²) in [5, 5.41) is 0. The lowest BCUT2D eigenvalue weighted by atomic mass is 10.1. The molecule has 3 nitrogen and oxygen atoms in total. The average molecular weight is 246 g/mol. The molecule has 1 aromatic carbocycles. The number of methoxy groups -OCH3 is 3. The lowest BCUT2D eigenvalue weighted by Gasteiger charge is -2.16. The van der Waals surface area contributed by atoms with Crippen LogP contribution in [0.25, 0.3) is 0 Å². The van der Waals surface area contributed by atoms with Crippen molar-refractivity contribution in [1.29, 1.82) is 0 Å². The molecule has 0 aliphatic carbocycles. The van der Waals surface area contributed by atoms with Gasteiger partial charge in [-0.15, -0.1) is 0 Å². The fourth-order valence-electron chi connectivity index (χ4n) is 1.57. The zero-order valence-electron chi connectivity index (χ0n) is 10.3. The number of halogens is 2. The predicted molar refractivity (Wildman–Crippen MR) is 60.4 cm³/mol. The van der Waals surface area contributed by atoms with Gasteiger partial charge in [-0.05, 0) is 13.0 Å². The molecule has 17 heavy (non-hydrogen) atoms. The Morgan fingerprint density at radius 1 is 0.941 bits per heavy atom. The molecule has 0 bridgehead atoms. The van der Waals surface area contributed by atoms with Gasteiger partial charge >= 0.3 is 0 Å². The summed E-state index contributed by atoms with van der Waals surface area (Å²) >= 11 is 0. The molecule has 0 atom stereocenters. The van der Waals surface area contributed by atoms with Gasteiger partial charge in [0, 0.05) is 18.1 Å². The topological polar surface area (TPSA) is 27.7 Å². The Balaban J connectivity index is 3.19. The first-order chi connectivity index (χ1) is 7.91. The summed E-state index contributed by atoms with van der Waals surface area (Å²) in [6, 6.07) is 3.05. The first-order valence-corrected chi connectivity index (χ1v) is 5.08. The Hall–Kier alpha value is -1.52. The van der Waals surface area contributed by atoms with Gasteiger partial charge in [0.25, 0.3) is 0 Å². The van der Waals surface area contributed by atoms with Crippen LogP contribution in [0.1, 0.15) is 12.5 Å². The summed E-state index contributed by atoms with van der Waals surface area (Å²) in [5.74, 6) is -1.57. The van der Waals surface area contributed by atoms with Gasteiger partial charge in [0.15, 0.2) is 11.5 Å². The van der Waals surface area contributed by atoms with E-state index in [0.717, 1.165) is 6.92 Å². The van der Waals surface area contributed by atoms with Crippen LogP contribution in [0.5, 0.6) is 17.2 Å². The Bertz CT molecular complexity index is 386. The molecule has 0 saturated carbocycles. The van der Waals surface area contributed by atoms with Crippen LogP contribution in [0.2, 0.25) is 0 Å². The van der Waals surface area contributed by atoms with Crippen LogP contribution in [0.15, 0.2) is 12.1 Å². The molecule has 96 valence electrons. The molecular weight excluding hydrogens is 230 g/mol. The molecule has 0 amide bonds. The van der Waals surface area contributed by atoms with Crippen molar-refractivity contribution in [1.82, 2.24) is 0 Å². The van der Waals surface area contributed by atoms with E-state index in [1.165, 1.54) is 27.4 Å². The highest BCUT2D eigenvalue weighted by Gasteiger charge is 2.25. The summed E-state index contributed by atoms with van der Waals surface area (Å²) in [6.07, 6.45) is -0.406. The SMILES string of the molecule is COc1cc(OC)c(OC)cc1CC(C)(F)F. The van der Waals surface area contributed by atoms with Gasteiger partial charge in [0.2, 0.25) is 5.92 Å². The third kappa shape index (κ3) is 3.47. The Morgan fingerprint density at radius 2 is 1.41 bits per heavy atom. The zero-order valence-corrected chi connectivity index (χ0v) is 10.3. The molecule has 0 N–H and O–H groups in total. The summed E-state index contributed by atoms with van der Waals surface area (Å²) in [4.78, 5) is 0. The summed E-state index contributed by atoms with van der Waals surface area (Å²) in [5.41, 5.74) is 0.387. The van der Waals surface area contributed by atoms with E-state index in [1.807, 2.05) is 0 Å². The maximum Gasteiger partial charge on any atom is 0.249 e. The molecule has 0 unspecified atom stereocenters. The second-order valence-electron chi connectivity index (χ2n) is 3.77. The minimum atomic E-state index is -2.80.